The quantitative estimate of drug-likeness (QED) is 0.148. The van der Waals surface area contributed by atoms with Crippen LogP contribution in [0.5, 0.6) is 0 Å². The van der Waals surface area contributed by atoms with E-state index in [4.69, 9.17) is 0 Å². The molecule has 0 saturated heterocycles. The number of aromatic nitrogens is 1. The maximum atomic E-state index is 2.47. The Kier molecular flexibility index (Phi) is 9.66. The highest BCUT2D eigenvalue weighted by atomic mass is 15.1. The summed E-state index contributed by atoms with van der Waals surface area (Å²) in [5, 5.41) is 2.47. The van der Waals surface area contributed by atoms with E-state index in [0.29, 0.717) is 0 Å². The van der Waals surface area contributed by atoms with Crippen molar-refractivity contribution in [2.45, 2.75) is 31.6 Å². The van der Waals surface area contributed by atoms with Crippen LogP contribution in [-0.4, -0.2) is 4.57 Å². The van der Waals surface area contributed by atoms with Crippen molar-refractivity contribution in [2.24, 2.45) is 0 Å². The highest BCUT2D eigenvalue weighted by molar-refractivity contribution is 6.10. The monoisotopic (exact) mass is 858 g/mol. The van der Waals surface area contributed by atoms with E-state index in [0.717, 1.165) is 22.7 Å². The van der Waals surface area contributed by atoms with Crippen LogP contribution in [0.1, 0.15) is 48.6 Å². The molecule has 1 aliphatic carbocycles. The van der Waals surface area contributed by atoms with Crippen molar-refractivity contribution in [3.05, 3.63) is 277 Å². The van der Waals surface area contributed by atoms with Gasteiger partial charge in [-0.25, -0.2) is 0 Å². The molecule has 0 atom stereocenters. The molecule has 67 heavy (non-hydrogen) atoms. The van der Waals surface area contributed by atoms with Gasteiger partial charge in [-0.15, -0.1) is 0 Å². The molecule has 0 saturated carbocycles. The number of para-hydroxylation sites is 1. The van der Waals surface area contributed by atoms with E-state index in [-0.39, 0.29) is 5.41 Å². The van der Waals surface area contributed by atoms with Crippen LogP contribution in [-0.2, 0) is 10.8 Å². The molecule has 2 nitrogen and oxygen atoms in total. The van der Waals surface area contributed by atoms with Gasteiger partial charge in [-0.05, 0) is 133 Å². The van der Waals surface area contributed by atoms with Gasteiger partial charge in [-0.3, -0.25) is 0 Å². The van der Waals surface area contributed by atoms with E-state index >= 15 is 0 Å². The van der Waals surface area contributed by atoms with E-state index in [1.54, 1.807) is 0 Å². The Morgan fingerprint density at radius 3 is 1.46 bits per heavy atom. The summed E-state index contributed by atoms with van der Waals surface area (Å²) in [4.78, 5) is 2.36. The number of fused-ring (bicyclic) bond motifs is 6. The number of benzene rings is 10. The highest BCUT2D eigenvalue weighted by Gasteiger charge is 2.46. The summed E-state index contributed by atoms with van der Waals surface area (Å²) in [5.41, 5.74) is 20.3. The van der Waals surface area contributed by atoms with Gasteiger partial charge in [0.05, 0.1) is 16.4 Å². The van der Waals surface area contributed by atoms with Crippen molar-refractivity contribution in [3.8, 4) is 39.1 Å². The third-order valence-corrected chi connectivity index (χ3v) is 14.1. The molecule has 1 aliphatic rings. The van der Waals surface area contributed by atoms with Crippen LogP contribution >= 0.6 is 0 Å². The van der Waals surface area contributed by atoms with Gasteiger partial charge in [-0.2, -0.15) is 0 Å². The SMILES string of the molecule is CC(C)(C)c1ccc(N(c2ccc(-c3ccccc3)cc2)c2ccc(-c3ccc4c(c3)c3ccccc3n4-c3ccc4c(c3)C(c3ccccc3)(c3ccccc3)c3ccccc3-4)cc2)cc1. The minimum atomic E-state index is -0.473. The van der Waals surface area contributed by atoms with E-state index < -0.39 is 5.41 Å². The molecular weight excluding hydrogens is 809 g/mol. The molecule has 0 aliphatic heterocycles. The minimum absolute atomic E-state index is 0.0695. The summed E-state index contributed by atoms with van der Waals surface area (Å²) in [5.74, 6) is 0. The highest BCUT2D eigenvalue weighted by Crippen LogP contribution is 2.56. The molecule has 0 amide bonds. The third-order valence-electron chi connectivity index (χ3n) is 14.1. The summed E-state index contributed by atoms with van der Waals surface area (Å²) in [6.07, 6.45) is 0. The first kappa shape index (κ1) is 40.3. The summed E-state index contributed by atoms with van der Waals surface area (Å²) >= 11 is 0. The molecule has 1 aromatic heterocycles. The largest absolute Gasteiger partial charge is 0.311 e. The molecule has 320 valence electrons. The van der Waals surface area contributed by atoms with Gasteiger partial charge in [-0.1, -0.05) is 203 Å². The van der Waals surface area contributed by atoms with Crippen LogP contribution < -0.4 is 4.90 Å². The molecule has 0 radical (unpaired) electrons. The molecule has 2 heteroatoms. The first-order chi connectivity index (χ1) is 32.9. The van der Waals surface area contributed by atoms with Crippen LogP contribution in [0.15, 0.2) is 249 Å². The van der Waals surface area contributed by atoms with Crippen molar-refractivity contribution in [1.29, 1.82) is 0 Å². The second-order valence-electron chi connectivity index (χ2n) is 18.9. The van der Waals surface area contributed by atoms with Gasteiger partial charge < -0.3 is 9.47 Å². The lowest BCUT2D eigenvalue weighted by Crippen LogP contribution is -2.28. The lowest BCUT2D eigenvalue weighted by Gasteiger charge is -2.34. The fourth-order valence-electron chi connectivity index (χ4n) is 10.8. The number of hydrogen-bond donors (Lipinski definition) is 0. The average Bonchev–Trinajstić information content (AvgIpc) is 3.87. The number of nitrogens with zero attached hydrogens (tertiary/aromatic N) is 2. The molecule has 0 fully saturated rings. The molecule has 0 spiro atoms. The Labute approximate surface area is 393 Å². The van der Waals surface area contributed by atoms with Crippen molar-refractivity contribution >= 4 is 38.9 Å². The predicted octanol–water partition coefficient (Wildman–Crippen LogP) is 17.2. The zero-order chi connectivity index (χ0) is 45.1. The summed E-state index contributed by atoms with van der Waals surface area (Å²) < 4.78 is 2.47. The minimum Gasteiger partial charge on any atom is -0.311 e. The summed E-state index contributed by atoms with van der Waals surface area (Å²) in [6.45, 7) is 6.80. The fourth-order valence-corrected chi connectivity index (χ4v) is 10.8. The van der Waals surface area contributed by atoms with Crippen molar-refractivity contribution in [2.75, 3.05) is 4.90 Å². The molecule has 0 unspecified atom stereocenters. The predicted molar refractivity (Wildman–Crippen MR) is 282 cm³/mol. The van der Waals surface area contributed by atoms with Gasteiger partial charge in [0, 0.05) is 33.5 Å². The number of rotatable bonds is 8. The molecule has 1 heterocycles. The lowest BCUT2D eigenvalue weighted by molar-refractivity contribution is 0.590. The normalized spacial score (nSPS) is 12.8. The van der Waals surface area contributed by atoms with Crippen LogP contribution in [0.25, 0.3) is 60.9 Å². The number of anilines is 3. The average molecular weight is 859 g/mol. The molecule has 11 aromatic rings. The van der Waals surface area contributed by atoms with Gasteiger partial charge in [0.1, 0.15) is 0 Å². The van der Waals surface area contributed by atoms with Crippen LogP contribution in [0, 0.1) is 0 Å². The third kappa shape index (κ3) is 6.71. The standard InChI is InChI=1S/C65H50N2/c1-64(2,3)49-32-38-54(39-33-49)66(52-34-27-46(28-35-52)45-17-7-4-8-18-45)53-36-29-47(30-37-53)48-31-42-63-59(43-48)58-24-14-16-26-62(58)67(63)55-40-41-57-56-23-13-15-25-60(56)65(61(57)44-55,50-19-9-5-10-20-50)51-21-11-6-12-22-51/h4-44H,1-3H3. The Morgan fingerprint density at radius 1 is 0.358 bits per heavy atom. The molecular formula is C65H50N2. The van der Waals surface area contributed by atoms with Gasteiger partial charge in [0.15, 0.2) is 0 Å². The maximum absolute atomic E-state index is 2.47. The van der Waals surface area contributed by atoms with Crippen molar-refractivity contribution in [3.63, 3.8) is 0 Å². The zero-order valence-electron chi connectivity index (χ0n) is 38.1. The first-order valence-corrected chi connectivity index (χ1v) is 23.4. The zero-order valence-corrected chi connectivity index (χ0v) is 38.1. The Morgan fingerprint density at radius 2 is 0.836 bits per heavy atom. The van der Waals surface area contributed by atoms with Gasteiger partial charge >= 0.3 is 0 Å². The topological polar surface area (TPSA) is 8.17 Å². The second-order valence-corrected chi connectivity index (χ2v) is 18.9. The fraction of sp³-hybridized carbons (Fsp3) is 0.0769. The van der Waals surface area contributed by atoms with E-state index in [9.17, 15) is 0 Å². The van der Waals surface area contributed by atoms with Crippen LogP contribution in [0.2, 0.25) is 0 Å². The van der Waals surface area contributed by atoms with Crippen molar-refractivity contribution in [1.82, 2.24) is 4.57 Å². The van der Waals surface area contributed by atoms with E-state index in [1.807, 2.05) is 0 Å². The van der Waals surface area contributed by atoms with E-state index in [2.05, 4.69) is 279 Å². The van der Waals surface area contributed by atoms with Crippen molar-refractivity contribution < 1.29 is 0 Å². The van der Waals surface area contributed by atoms with E-state index in [1.165, 1.54) is 83.0 Å². The lowest BCUT2D eigenvalue weighted by atomic mass is 9.67. The van der Waals surface area contributed by atoms with Gasteiger partial charge in [0.2, 0.25) is 0 Å². The first-order valence-electron chi connectivity index (χ1n) is 23.4. The molecule has 12 rings (SSSR count). The Balaban J connectivity index is 0.955. The Bertz CT molecular complexity index is 3520. The Hall–Kier alpha value is -8.20. The molecule has 0 N–H and O–H groups in total. The van der Waals surface area contributed by atoms with Crippen LogP contribution in [0.3, 0.4) is 0 Å². The van der Waals surface area contributed by atoms with Crippen LogP contribution in [0.4, 0.5) is 17.1 Å². The second kappa shape index (κ2) is 16.0. The smallest absolute Gasteiger partial charge is 0.0714 e. The summed E-state index contributed by atoms with van der Waals surface area (Å²) in [6, 6.07) is 91.8. The summed E-state index contributed by atoms with van der Waals surface area (Å²) in [7, 11) is 0. The maximum Gasteiger partial charge on any atom is 0.0714 e. The number of hydrogen-bond acceptors (Lipinski definition) is 1. The van der Waals surface area contributed by atoms with Gasteiger partial charge in [0.25, 0.3) is 0 Å². The molecule has 10 aromatic carbocycles. The molecule has 0 bridgehead atoms.